The summed E-state index contributed by atoms with van der Waals surface area (Å²) in [5.41, 5.74) is 6.03. The Bertz CT molecular complexity index is 334. The molecule has 0 amide bonds. The van der Waals surface area contributed by atoms with Gasteiger partial charge in [-0.3, -0.25) is 0 Å². The molecule has 0 aliphatic rings. The van der Waals surface area contributed by atoms with Gasteiger partial charge in [0.2, 0.25) is 0 Å². The fourth-order valence-corrected chi connectivity index (χ4v) is 1.53. The van der Waals surface area contributed by atoms with Crippen molar-refractivity contribution in [3.8, 4) is 0 Å². The first kappa shape index (κ1) is 12.4. The van der Waals surface area contributed by atoms with Gasteiger partial charge in [-0.15, -0.1) is 0 Å². The zero-order valence-electron chi connectivity index (χ0n) is 8.80. The van der Waals surface area contributed by atoms with E-state index in [9.17, 15) is 4.39 Å². The lowest BCUT2D eigenvalue weighted by atomic mass is 9.82. The second-order valence-electron chi connectivity index (χ2n) is 4.33. The van der Waals surface area contributed by atoms with Gasteiger partial charge in [-0.1, -0.05) is 25.4 Å². The smallest absolute Gasteiger partial charge is 0.125 e. The van der Waals surface area contributed by atoms with E-state index < -0.39 is 17.3 Å². The molecule has 4 heteroatoms. The molecular formula is C11H15ClFNO. The van der Waals surface area contributed by atoms with Gasteiger partial charge in [0, 0.05) is 23.1 Å². The zero-order chi connectivity index (χ0) is 11.6. The van der Waals surface area contributed by atoms with Crippen LogP contribution in [0.4, 0.5) is 4.39 Å². The molecule has 0 saturated carbocycles. The molecule has 1 aromatic carbocycles. The molecular weight excluding hydrogens is 217 g/mol. The summed E-state index contributed by atoms with van der Waals surface area (Å²) in [5.74, 6) is -0.415. The monoisotopic (exact) mass is 231 g/mol. The Morgan fingerprint density at radius 2 is 2.07 bits per heavy atom. The van der Waals surface area contributed by atoms with Gasteiger partial charge in [0.25, 0.3) is 0 Å². The van der Waals surface area contributed by atoms with Crippen LogP contribution in [0.25, 0.3) is 0 Å². The molecule has 0 unspecified atom stereocenters. The maximum Gasteiger partial charge on any atom is 0.125 e. The molecule has 0 heterocycles. The van der Waals surface area contributed by atoms with E-state index in [-0.39, 0.29) is 6.61 Å². The Balaban J connectivity index is 3.06. The lowest BCUT2D eigenvalue weighted by Gasteiger charge is -2.29. The van der Waals surface area contributed by atoms with E-state index >= 15 is 0 Å². The summed E-state index contributed by atoms with van der Waals surface area (Å²) < 4.78 is 13.1. The Morgan fingerprint density at radius 3 is 2.53 bits per heavy atom. The molecule has 0 aliphatic carbocycles. The maximum atomic E-state index is 13.1. The highest BCUT2D eigenvalue weighted by molar-refractivity contribution is 6.30. The highest BCUT2D eigenvalue weighted by Crippen LogP contribution is 2.32. The number of benzene rings is 1. The fourth-order valence-electron chi connectivity index (χ4n) is 1.30. The van der Waals surface area contributed by atoms with E-state index in [1.54, 1.807) is 6.07 Å². The molecule has 84 valence electrons. The van der Waals surface area contributed by atoms with Crippen LogP contribution < -0.4 is 5.73 Å². The average molecular weight is 232 g/mol. The van der Waals surface area contributed by atoms with E-state index in [1.165, 1.54) is 12.1 Å². The van der Waals surface area contributed by atoms with E-state index in [2.05, 4.69) is 0 Å². The lowest BCUT2D eigenvalue weighted by Crippen LogP contribution is -2.32. The molecule has 0 saturated heterocycles. The van der Waals surface area contributed by atoms with Crippen molar-refractivity contribution in [2.45, 2.75) is 19.9 Å². The van der Waals surface area contributed by atoms with E-state index in [0.29, 0.717) is 10.6 Å². The van der Waals surface area contributed by atoms with Crippen molar-refractivity contribution in [3.05, 3.63) is 34.6 Å². The predicted molar refractivity (Wildman–Crippen MR) is 59.2 cm³/mol. The molecule has 1 aromatic rings. The number of aliphatic hydroxyl groups excluding tert-OH is 1. The Morgan fingerprint density at radius 1 is 1.47 bits per heavy atom. The van der Waals surface area contributed by atoms with Crippen molar-refractivity contribution in [1.82, 2.24) is 0 Å². The summed E-state index contributed by atoms with van der Waals surface area (Å²) in [5, 5.41) is 9.47. The topological polar surface area (TPSA) is 46.2 Å². The minimum absolute atomic E-state index is 0.0672. The molecule has 0 fully saturated rings. The van der Waals surface area contributed by atoms with Crippen LogP contribution in [0.1, 0.15) is 25.5 Å². The number of hydrogen-bond donors (Lipinski definition) is 2. The van der Waals surface area contributed by atoms with Crippen LogP contribution in [0.3, 0.4) is 0 Å². The highest BCUT2D eigenvalue weighted by Gasteiger charge is 2.27. The first-order valence-corrected chi connectivity index (χ1v) is 5.07. The van der Waals surface area contributed by atoms with Crippen LogP contribution in [-0.4, -0.2) is 11.7 Å². The molecule has 0 aromatic heterocycles. The average Bonchev–Trinajstić information content (AvgIpc) is 2.15. The summed E-state index contributed by atoms with van der Waals surface area (Å²) in [6.07, 6.45) is 0. The SMILES string of the molecule is CC(C)(CO)[C@@H](N)c1cc(F)cc(Cl)c1. The van der Waals surface area contributed by atoms with Crippen LogP contribution in [0.15, 0.2) is 18.2 Å². The first-order valence-electron chi connectivity index (χ1n) is 4.69. The van der Waals surface area contributed by atoms with Gasteiger partial charge in [-0.25, -0.2) is 4.39 Å². The number of aliphatic hydroxyl groups is 1. The van der Waals surface area contributed by atoms with E-state index in [4.69, 9.17) is 22.4 Å². The second-order valence-corrected chi connectivity index (χ2v) is 4.76. The van der Waals surface area contributed by atoms with Crippen molar-refractivity contribution in [2.75, 3.05) is 6.61 Å². The summed E-state index contributed by atoms with van der Waals surface area (Å²) in [7, 11) is 0. The number of hydrogen-bond acceptors (Lipinski definition) is 2. The van der Waals surface area contributed by atoms with Gasteiger partial charge < -0.3 is 10.8 Å². The van der Waals surface area contributed by atoms with Crippen molar-refractivity contribution in [3.63, 3.8) is 0 Å². The van der Waals surface area contributed by atoms with Crippen LogP contribution in [0, 0.1) is 11.2 Å². The lowest BCUT2D eigenvalue weighted by molar-refractivity contribution is 0.132. The molecule has 0 radical (unpaired) electrons. The number of halogens is 2. The quantitative estimate of drug-likeness (QED) is 0.840. The van der Waals surface area contributed by atoms with Crippen molar-refractivity contribution in [2.24, 2.45) is 11.1 Å². The third kappa shape index (κ3) is 2.91. The summed E-state index contributed by atoms with van der Waals surface area (Å²) in [6.45, 7) is 3.56. The maximum absolute atomic E-state index is 13.1. The van der Waals surface area contributed by atoms with E-state index in [1.807, 2.05) is 13.8 Å². The molecule has 2 nitrogen and oxygen atoms in total. The van der Waals surface area contributed by atoms with Crippen LogP contribution in [-0.2, 0) is 0 Å². The third-order valence-electron chi connectivity index (χ3n) is 2.49. The van der Waals surface area contributed by atoms with Gasteiger partial charge >= 0.3 is 0 Å². The zero-order valence-corrected chi connectivity index (χ0v) is 9.55. The Kier molecular flexibility index (Phi) is 3.71. The first-order chi connectivity index (χ1) is 6.86. The third-order valence-corrected chi connectivity index (χ3v) is 2.71. The largest absolute Gasteiger partial charge is 0.396 e. The van der Waals surface area contributed by atoms with Gasteiger partial charge in [0.15, 0.2) is 0 Å². The van der Waals surface area contributed by atoms with Crippen molar-refractivity contribution < 1.29 is 9.50 Å². The predicted octanol–water partition coefficient (Wildman–Crippen LogP) is 2.50. The summed E-state index contributed by atoms with van der Waals surface area (Å²) >= 11 is 5.73. The molecule has 15 heavy (non-hydrogen) atoms. The van der Waals surface area contributed by atoms with Crippen LogP contribution in [0.2, 0.25) is 5.02 Å². The van der Waals surface area contributed by atoms with Crippen LogP contribution >= 0.6 is 11.6 Å². The summed E-state index contributed by atoms with van der Waals surface area (Å²) in [4.78, 5) is 0. The highest BCUT2D eigenvalue weighted by atomic mass is 35.5. The molecule has 0 spiro atoms. The Labute approximate surface area is 93.9 Å². The normalized spacial score (nSPS) is 14.0. The number of rotatable bonds is 3. The van der Waals surface area contributed by atoms with Crippen LogP contribution in [0.5, 0.6) is 0 Å². The fraction of sp³-hybridized carbons (Fsp3) is 0.455. The van der Waals surface area contributed by atoms with Crippen molar-refractivity contribution >= 4 is 11.6 Å². The standard InChI is InChI=1S/C11H15ClFNO/c1-11(2,6-15)10(14)7-3-8(12)5-9(13)4-7/h3-5,10,15H,6,14H2,1-2H3/t10-/m0/s1. The van der Waals surface area contributed by atoms with E-state index in [0.717, 1.165) is 0 Å². The molecule has 0 aliphatic heterocycles. The number of nitrogens with two attached hydrogens (primary N) is 1. The van der Waals surface area contributed by atoms with Gasteiger partial charge in [-0.2, -0.15) is 0 Å². The molecule has 1 atom stereocenters. The summed E-state index contributed by atoms with van der Waals surface area (Å²) in [6, 6.07) is 3.74. The Hall–Kier alpha value is -0.640. The van der Waals surface area contributed by atoms with Crippen molar-refractivity contribution in [1.29, 1.82) is 0 Å². The second kappa shape index (κ2) is 4.47. The minimum atomic E-state index is -0.503. The molecule has 3 N–H and O–H groups in total. The van der Waals surface area contributed by atoms with Gasteiger partial charge in [-0.05, 0) is 23.8 Å². The molecule has 1 rings (SSSR count). The van der Waals surface area contributed by atoms with Gasteiger partial charge in [0.05, 0.1) is 0 Å². The molecule has 0 bridgehead atoms. The minimum Gasteiger partial charge on any atom is -0.396 e. The van der Waals surface area contributed by atoms with Gasteiger partial charge in [0.1, 0.15) is 5.82 Å².